The van der Waals surface area contributed by atoms with Gasteiger partial charge in [-0.2, -0.15) is 0 Å². The second-order valence-corrected chi connectivity index (χ2v) is 7.52. The molecule has 0 bridgehead atoms. The number of amides is 2. The van der Waals surface area contributed by atoms with E-state index in [1.165, 1.54) is 4.88 Å². The minimum atomic E-state index is -0.225. The summed E-state index contributed by atoms with van der Waals surface area (Å²) in [6, 6.07) is 3.83. The fourth-order valence-electron chi connectivity index (χ4n) is 3.15. The molecule has 0 aromatic carbocycles. The topological polar surface area (TPSA) is 59.6 Å². The van der Waals surface area contributed by atoms with Gasteiger partial charge >= 0.3 is 6.03 Å². The summed E-state index contributed by atoms with van der Waals surface area (Å²) in [7, 11) is 0. The second-order valence-electron chi connectivity index (χ2n) is 5.72. The number of nitrogens with one attached hydrogen (secondary N) is 2. The molecule has 0 saturated carbocycles. The van der Waals surface area contributed by atoms with Crippen LogP contribution >= 0.6 is 22.9 Å². The maximum absolute atomic E-state index is 12.1. The summed E-state index contributed by atoms with van der Waals surface area (Å²) in [5.41, 5.74) is -0.225. The van der Waals surface area contributed by atoms with Crippen molar-refractivity contribution in [2.24, 2.45) is 0 Å². The first kappa shape index (κ1) is 16.1. The molecular formula is C15H21ClN2O3S. The highest BCUT2D eigenvalue weighted by Gasteiger charge is 2.45. The molecule has 3 rings (SSSR count). The molecule has 2 fully saturated rings. The van der Waals surface area contributed by atoms with Crippen LogP contribution in [0.2, 0.25) is 4.34 Å². The van der Waals surface area contributed by atoms with Crippen molar-refractivity contribution in [2.45, 2.75) is 37.3 Å². The zero-order valence-corrected chi connectivity index (χ0v) is 14.0. The highest BCUT2D eigenvalue weighted by molar-refractivity contribution is 7.16. The van der Waals surface area contributed by atoms with Gasteiger partial charge in [0.2, 0.25) is 0 Å². The third kappa shape index (κ3) is 3.74. The molecule has 3 heterocycles. The lowest BCUT2D eigenvalue weighted by atomic mass is 9.86. The maximum atomic E-state index is 12.1. The average Bonchev–Trinajstić information content (AvgIpc) is 3.08. The van der Waals surface area contributed by atoms with Crippen LogP contribution in [0.25, 0.3) is 0 Å². The van der Waals surface area contributed by atoms with Crippen LogP contribution in [0.4, 0.5) is 4.79 Å². The fourth-order valence-corrected chi connectivity index (χ4v) is 4.24. The summed E-state index contributed by atoms with van der Waals surface area (Å²) in [6.45, 7) is 2.73. The third-order valence-electron chi connectivity index (χ3n) is 4.36. The minimum absolute atomic E-state index is 0.0765. The van der Waals surface area contributed by atoms with E-state index in [-0.39, 0.29) is 17.7 Å². The van der Waals surface area contributed by atoms with E-state index in [9.17, 15) is 4.79 Å². The molecule has 0 radical (unpaired) electrons. The van der Waals surface area contributed by atoms with E-state index >= 15 is 0 Å². The Bertz CT molecular complexity index is 517. The molecule has 22 heavy (non-hydrogen) atoms. The van der Waals surface area contributed by atoms with Crippen LogP contribution in [0.3, 0.4) is 0 Å². The SMILES string of the molecule is O=C(NCCc1ccc(Cl)s1)NC1CCOC12CCOCC2. The van der Waals surface area contributed by atoms with Gasteiger partial charge in [0.15, 0.2) is 0 Å². The number of carbonyl (C=O) groups excluding carboxylic acids is 1. The predicted octanol–water partition coefficient (Wildman–Crippen LogP) is 2.58. The van der Waals surface area contributed by atoms with E-state index in [1.807, 2.05) is 12.1 Å². The molecule has 122 valence electrons. The van der Waals surface area contributed by atoms with Crippen molar-refractivity contribution >= 4 is 29.0 Å². The summed E-state index contributed by atoms with van der Waals surface area (Å²) in [5.74, 6) is 0. The molecule has 5 nitrogen and oxygen atoms in total. The summed E-state index contributed by atoms with van der Waals surface area (Å²) >= 11 is 7.44. The molecule has 2 amide bonds. The second kappa shape index (κ2) is 7.17. The first-order valence-corrected chi connectivity index (χ1v) is 8.88. The number of hydrogen-bond acceptors (Lipinski definition) is 4. The Balaban J connectivity index is 1.44. The summed E-state index contributed by atoms with van der Waals surface area (Å²) in [6.07, 6.45) is 3.37. The molecule has 2 aliphatic rings. The highest BCUT2D eigenvalue weighted by Crippen LogP contribution is 2.35. The number of carbonyl (C=O) groups is 1. The number of rotatable bonds is 4. The summed E-state index contributed by atoms with van der Waals surface area (Å²) in [5, 5.41) is 5.99. The van der Waals surface area contributed by atoms with Gasteiger partial charge in [0.05, 0.1) is 16.0 Å². The monoisotopic (exact) mass is 344 g/mol. The Labute approximate surface area is 139 Å². The van der Waals surface area contributed by atoms with Gasteiger partial charge in [0.25, 0.3) is 0 Å². The van der Waals surface area contributed by atoms with Gasteiger partial charge in [0, 0.05) is 44.1 Å². The van der Waals surface area contributed by atoms with E-state index in [1.54, 1.807) is 11.3 Å². The van der Waals surface area contributed by atoms with Crippen LogP contribution in [0, 0.1) is 0 Å². The Kier molecular flexibility index (Phi) is 5.23. The lowest BCUT2D eigenvalue weighted by Gasteiger charge is -2.37. The van der Waals surface area contributed by atoms with Crippen molar-refractivity contribution < 1.29 is 14.3 Å². The third-order valence-corrected chi connectivity index (χ3v) is 5.65. The van der Waals surface area contributed by atoms with E-state index in [0.717, 1.165) is 30.0 Å². The van der Waals surface area contributed by atoms with E-state index in [4.69, 9.17) is 21.1 Å². The van der Waals surface area contributed by atoms with Gasteiger partial charge < -0.3 is 20.1 Å². The number of ether oxygens (including phenoxy) is 2. The standard InChI is InChI=1S/C15H21ClN2O3S/c16-13-2-1-11(22-13)3-7-17-14(19)18-12-4-8-21-15(12)5-9-20-10-6-15/h1-2,12H,3-10H2,(H2,17,18,19). The lowest BCUT2D eigenvalue weighted by Crippen LogP contribution is -2.54. The first-order chi connectivity index (χ1) is 10.7. The molecular weight excluding hydrogens is 324 g/mol. The molecule has 2 saturated heterocycles. The van der Waals surface area contributed by atoms with Crippen molar-refractivity contribution in [1.82, 2.24) is 10.6 Å². The number of urea groups is 1. The van der Waals surface area contributed by atoms with E-state index < -0.39 is 0 Å². The molecule has 2 N–H and O–H groups in total. The Morgan fingerprint density at radius 3 is 2.91 bits per heavy atom. The van der Waals surface area contributed by atoms with Gasteiger partial charge in [-0.3, -0.25) is 0 Å². The minimum Gasteiger partial charge on any atom is -0.381 e. The van der Waals surface area contributed by atoms with Gasteiger partial charge in [-0.1, -0.05) is 11.6 Å². The molecule has 1 aromatic rings. The Morgan fingerprint density at radius 2 is 2.18 bits per heavy atom. The van der Waals surface area contributed by atoms with Crippen LogP contribution in [0.5, 0.6) is 0 Å². The van der Waals surface area contributed by atoms with Crippen molar-refractivity contribution in [3.8, 4) is 0 Å². The van der Waals surface area contributed by atoms with Crippen molar-refractivity contribution in [1.29, 1.82) is 0 Å². The molecule has 1 aromatic heterocycles. The largest absolute Gasteiger partial charge is 0.381 e. The van der Waals surface area contributed by atoms with Gasteiger partial charge in [-0.25, -0.2) is 4.79 Å². The van der Waals surface area contributed by atoms with Crippen LogP contribution in [0.15, 0.2) is 12.1 Å². The predicted molar refractivity (Wildman–Crippen MR) is 86.7 cm³/mol. The van der Waals surface area contributed by atoms with Crippen LogP contribution in [-0.4, -0.2) is 44.0 Å². The fraction of sp³-hybridized carbons (Fsp3) is 0.667. The Morgan fingerprint density at radius 1 is 1.36 bits per heavy atom. The summed E-state index contributed by atoms with van der Waals surface area (Å²) in [4.78, 5) is 13.3. The molecule has 0 aliphatic carbocycles. The van der Waals surface area contributed by atoms with Gasteiger partial charge in [0.1, 0.15) is 0 Å². The molecule has 1 atom stereocenters. The van der Waals surface area contributed by atoms with E-state index in [0.29, 0.717) is 26.4 Å². The molecule has 1 spiro atoms. The first-order valence-electron chi connectivity index (χ1n) is 7.68. The van der Waals surface area contributed by atoms with Crippen molar-refractivity contribution in [2.75, 3.05) is 26.4 Å². The van der Waals surface area contributed by atoms with Gasteiger partial charge in [-0.05, 0) is 25.0 Å². The highest BCUT2D eigenvalue weighted by atomic mass is 35.5. The van der Waals surface area contributed by atoms with Crippen LogP contribution < -0.4 is 10.6 Å². The molecule has 2 aliphatic heterocycles. The molecule has 7 heteroatoms. The van der Waals surface area contributed by atoms with Crippen LogP contribution in [-0.2, 0) is 15.9 Å². The number of hydrogen-bond donors (Lipinski definition) is 2. The maximum Gasteiger partial charge on any atom is 0.315 e. The van der Waals surface area contributed by atoms with Crippen LogP contribution in [0.1, 0.15) is 24.1 Å². The van der Waals surface area contributed by atoms with Crippen molar-refractivity contribution in [3.63, 3.8) is 0 Å². The zero-order valence-electron chi connectivity index (χ0n) is 12.4. The van der Waals surface area contributed by atoms with Gasteiger partial charge in [-0.15, -0.1) is 11.3 Å². The quantitative estimate of drug-likeness (QED) is 0.882. The summed E-state index contributed by atoms with van der Waals surface area (Å²) < 4.78 is 12.1. The molecule has 1 unspecified atom stereocenters. The van der Waals surface area contributed by atoms with E-state index in [2.05, 4.69) is 10.6 Å². The normalized spacial score (nSPS) is 23.6. The smallest absolute Gasteiger partial charge is 0.315 e. The Hall–Kier alpha value is -0.820. The lowest BCUT2D eigenvalue weighted by molar-refractivity contribution is -0.0869. The number of thiophene rings is 1. The average molecular weight is 345 g/mol. The van der Waals surface area contributed by atoms with Crippen molar-refractivity contribution in [3.05, 3.63) is 21.3 Å². The zero-order chi connectivity index (χ0) is 15.4. The number of halogens is 1.